The Bertz CT molecular complexity index is 483. The molecule has 0 saturated heterocycles. The number of aromatic nitrogens is 4. The summed E-state index contributed by atoms with van der Waals surface area (Å²) in [6.07, 6.45) is 4.87. The molecular formula is C12H19N5. The predicted molar refractivity (Wildman–Crippen MR) is 68.0 cm³/mol. The van der Waals surface area contributed by atoms with Gasteiger partial charge in [0.15, 0.2) is 0 Å². The minimum absolute atomic E-state index is 0.891. The monoisotopic (exact) mass is 233 g/mol. The predicted octanol–water partition coefficient (Wildman–Crippen LogP) is 1.60. The highest BCUT2D eigenvalue weighted by Gasteiger charge is 2.05. The first-order valence-corrected chi connectivity index (χ1v) is 5.95. The number of nitrogens with one attached hydrogen (secondary N) is 1. The van der Waals surface area contributed by atoms with E-state index < -0.39 is 0 Å². The Labute approximate surface area is 101 Å². The average molecular weight is 233 g/mol. The molecule has 2 rings (SSSR count). The van der Waals surface area contributed by atoms with E-state index in [4.69, 9.17) is 0 Å². The third-order valence-electron chi connectivity index (χ3n) is 2.76. The second-order valence-electron chi connectivity index (χ2n) is 4.13. The van der Waals surface area contributed by atoms with Crippen LogP contribution in [0.5, 0.6) is 0 Å². The molecule has 2 aromatic heterocycles. The maximum absolute atomic E-state index is 4.45. The molecule has 0 spiro atoms. The number of anilines is 1. The van der Waals surface area contributed by atoms with Gasteiger partial charge in [-0.15, -0.1) is 0 Å². The molecule has 0 saturated carbocycles. The normalized spacial score (nSPS) is 10.8. The minimum Gasteiger partial charge on any atom is -0.356 e. The van der Waals surface area contributed by atoms with Crippen molar-refractivity contribution < 1.29 is 0 Å². The molecule has 0 aromatic carbocycles. The summed E-state index contributed by atoms with van der Waals surface area (Å²) in [5, 5.41) is 7.44. The molecule has 0 bridgehead atoms. The fourth-order valence-electron chi connectivity index (χ4n) is 1.90. The lowest BCUT2D eigenvalue weighted by Crippen LogP contribution is -2.09. The number of nitrogens with zero attached hydrogens (tertiary/aromatic N) is 4. The summed E-state index contributed by atoms with van der Waals surface area (Å²) in [7, 11) is 1.97. The Balaban J connectivity index is 2.05. The van der Waals surface area contributed by atoms with Gasteiger partial charge in [0, 0.05) is 44.6 Å². The molecule has 1 N–H and O–H groups in total. The van der Waals surface area contributed by atoms with Crippen molar-refractivity contribution in [3.05, 3.63) is 29.8 Å². The Morgan fingerprint density at radius 1 is 1.41 bits per heavy atom. The zero-order valence-corrected chi connectivity index (χ0v) is 10.6. The van der Waals surface area contributed by atoms with Crippen LogP contribution in [0, 0.1) is 6.92 Å². The van der Waals surface area contributed by atoms with Gasteiger partial charge in [0.2, 0.25) is 5.95 Å². The SMILES string of the molecule is CCNc1nc(C)cn1CCc1ccnn1C. The highest BCUT2D eigenvalue weighted by molar-refractivity contribution is 5.28. The number of imidazole rings is 1. The first kappa shape index (κ1) is 11.7. The van der Waals surface area contributed by atoms with E-state index in [-0.39, 0.29) is 0 Å². The van der Waals surface area contributed by atoms with E-state index in [9.17, 15) is 0 Å². The summed E-state index contributed by atoms with van der Waals surface area (Å²) in [6.45, 7) is 5.90. The summed E-state index contributed by atoms with van der Waals surface area (Å²) in [6, 6.07) is 2.05. The second kappa shape index (κ2) is 5.03. The maximum Gasteiger partial charge on any atom is 0.203 e. The van der Waals surface area contributed by atoms with Crippen molar-refractivity contribution in [2.75, 3.05) is 11.9 Å². The quantitative estimate of drug-likeness (QED) is 0.853. The van der Waals surface area contributed by atoms with Crippen molar-refractivity contribution in [3.8, 4) is 0 Å². The smallest absolute Gasteiger partial charge is 0.203 e. The van der Waals surface area contributed by atoms with Crippen LogP contribution in [0.2, 0.25) is 0 Å². The first-order valence-electron chi connectivity index (χ1n) is 5.95. The fourth-order valence-corrected chi connectivity index (χ4v) is 1.90. The molecule has 17 heavy (non-hydrogen) atoms. The molecule has 5 heteroatoms. The van der Waals surface area contributed by atoms with Gasteiger partial charge in [-0.1, -0.05) is 0 Å². The fraction of sp³-hybridized carbons (Fsp3) is 0.500. The largest absolute Gasteiger partial charge is 0.356 e. The van der Waals surface area contributed by atoms with Crippen molar-refractivity contribution in [2.45, 2.75) is 26.8 Å². The van der Waals surface area contributed by atoms with E-state index in [0.717, 1.165) is 31.2 Å². The summed E-state index contributed by atoms with van der Waals surface area (Å²) < 4.78 is 4.07. The Morgan fingerprint density at radius 3 is 2.88 bits per heavy atom. The molecule has 0 unspecified atom stereocenters. The van der Waals surface area contributed by atoms with Crippen LogP contribution in [-0.4, -0.2) is 25.9 Å². The van der Waals surface area contributed by atoms with Crippen LogP contribution in [0.4, 0.5) is 5.95 Å². The minimum atomic E-state index is 0.891. The summed E-state index contributed by atoms with van der Waals surface area (Å²) in [5.74, 6) is 0.951. The highest BCUT2D eigenvalue weighted by atomic mass is 15.3. The van der Waals surface area contributed by atoms with Crippen LogP contribution in [0.1, 0.15) is 18.3 Å². The molecule has 5 nitrogen and oxygen atoms in total. The Hall–Kier alpha value is -1.78. The molecule has 2 aromatic rings. The molecule has 0 radical (unpaired) electrons. The molecular weight excluding hydrogens is 214 g/mol. The van der Waals surface area contributed by atoms with Gasteiger partial charge in [0.25, 0.3) is 0 Å². The second-order valence-corrected chi connectivity index (χ2v) is 4.13. The molecule has 0 atom stereocenters. The molecule has 92 valence electrons. The van der Waals surface area contributed by atoms with Gasteiger partial charge in [-0.3, -0.25) is 4.68 Å². The first-order chi connectivity index (χ1) is 8.20. The molecule has 0 aliphatic heterocycles. The lowest BCUT2D eigenvalue weighted by molar-refractivity contribution is 0.639. The van der Waals surface area contributed by atoms with Gasteiger partial charge in [-0.25, -0.2) is 4.98 Å². The van der Waals surface area contributed by atoms with Crippen molar-refractivity contribution in [1.82, 2.24) is 19.3 Å². The van der Waals surface area contributed by atoms with Crippen molar-refractivity contribution in [1.29, 1.82) is 0 Å². The molecule has 0 aliphatic rings. The molecule has 0 aliphatic carbocycles. The van der Waals surface area contributed by atoms with Gasteiger partial charge in [-0.2, -0.15) is 5.10 Å². The van der Waals surface area contributed by atoms with Crippen molar-refractivity contribution in [3.63, 3.8) is 0 Å². The van der Waals surface area contributed by atoms with Crippen LogP contribution in [-0.2, 0) is 20.0 Å². The lowest BCUT2D eigenvalue weighted by Gasteiger charge is -2.08. The van der Waals surface area contributed by atoms with Crippen LogP contribution in [0.3, 0.4) is 0 Å². The van der Waals surface area contributed by atoms with E-state index in [1.165, 1.54) is 5.69 Å². The number of hydrogen-bond donors (Lipinski definition) is 1. The molecule has 0 amide bonds. The Morgan fingerprint density at radius 2 is 2.24 bits per heavy atom. The van der Waals surface area contributed by atoms with Crippen LogP contribution in [0.25, 0.3) is 0 Å². The van der Waals surface area contributed by atoms with Gasteiger partial charge in [0.1, 0.15) is 0 Å². The highest BCUT2D eigenvalue weighted by Crippen LogP contribution is 2.10. The number of hydrogen-bond acceptors (Lipinski definition) is 3. The third kappa shape index (κ3) is 2.67. The van der Waals surface area contributed by atoms with Gasteiger partial charge < -0.3 is 9.88 Å². The van der Waals surface area contributed by atoms with Gasteiger partial charge in [0.05, 0.1) is 5.69 Å². The standard InChI is InChI=1S/C12H19N5/c1-4-13-12-15-10(2)9-17(12)8-6-11-5-7-14-16(11)3/h5,7,9H,4,6,8H2,1-3H3,(H,13,15). The average Bonchev–Trinajstić information content (AvgIpc) is 2.83. The number of aryl methyl sites for hydroxylation is 4. The van der Waals surface area contributed by atoms with E-state index in [1.807, 2.05) is 24.9 Å². The summed E-state index contributed by atoms with van der Waals surface area (Å²) in [4.78, 5) is 4.45. The van der Waals surface area contributed by atoms with Crippen molar-refractivity contribution >= 4 is 5.95 Å². The van der Waals surface area contributed by atoms with Crippen LogP contribution < -0.4 is 5.32 Å². The summed E-state index contributed by atoms with van der Waals surface area (Å²) >= 11 is 0. The van der Waals surface area contributed by atoms with E-state index >= 15 is 0 Å². The number of rotatable bonds is 5. The zero-order chi connectivity index (χ0) is 12.3. The van der Waals surface area contributed by atoms with Crippen LogP contribution >= 0.6 is 0 Å². The zero-order valence-electron chi connectivity index (χ0n) is 10.6. The van der Waals surface area contributed by atoms with Crippen molar-refractivity contribution in [2.24, 2.45) is 7.05 Å². The van der Waals surface area contributed by atoms with E-state index in [2.05, 4.69) is 39.2 Å². The molecule has 2 heterocycles. The van der Waals surface area contributed by atoms with E-state index in [1.54, 1.807) is 0 Å². The maximum atomic E-state index is 4.45. The molecule has 0 fully saturated rings. The third-order valence-corrected chi connectivity index (χ3v) is 2.76. The van der Waals surface area contributed by atoms with Gasteiger partial charge in [-0.05, 0) is 19.9 Å². The van der Waals surface area contributed by atoms with Gasteiger partial charge >= 0.3 is 0 Å². The lowest BCUT2D eigenvalue weighted by atomic mass is 10.3. The topological polar surface area (TPSA) is 47.7 Å². The van der Waals surface area contributed by atoms with Crippen LogP contribution in [0.15, 0.2) is 18.5 Å². The van der Waals surface area contributed by atoms with E-state index in [0.29, 0.717) is 0 Å². The Kier molecular flexibility index (Phi) is 3.46. The summed E-state index contributed by atoms with van der Waals surface area (Å²) in [5.41, 5.74) is 2.28.